The van der Waals surface area contributed by atoms with E-state index in [1.165, 1.54) is 20.0 Å². The van der Waals surface area contributed by atoms with E-state index in [2.05, 4.69) is 20.3 Å². The van der Waals surface area contributed by atoms with Crippen molar-refractivity contribution in [3.63, 3.8) is 0 Å². The summed E-state index contributed by atoms with van der Waals surface area (Å²) in [4.78, 5) is 24.7. The molecular weight excluding hydrogens is 258 g/mol. The van der Waals surface area contributed by atoms with Crippen LogP contribution in [0.1, 0.15) is 25.7 Å². The highest BCUT2D eigenvalue weighted by molar-refractivity contribution is 5.78. The number of carbonyl (C=O) groups is 2. The van der Waals surface area contributed by atoms with Crippen molar-refractivity contribution in [2.24, 2.45) is 5.92 Å². The van der Waals surface area contributed by atoms with Gasteiger partial charge in [-0.05, 0) is 45.3 Å². The number of rotatable bonds is 8. The van der Waals surface area contributed by atoms with Crippen LogP contribution in [-0.2, 0) is 14.3 Å². The van der Waals surface area contributed by atoms with E-state index in [9.17, 15) is 9.59 Å². The van der Waals surface area contributed by atoms with Crippen molar-refractivity contribution in [1.29, 1.82) is 0 Å². The van der Waals surface area contributed by atoms with E-state index in [1.807, 2.05) is 7.05 Å². The average Bonchev–Trinajstić information content (AvgIpc) is 2.44. The molecule has 1 fully saturated rings. The molecule has 0 saturated carbocycles. The van der Waals surface area contributed by atoms with Gasteiger partial charge in [0.05, 0.1) is 13.7 Å². The molecule has 6 heteroatoms. The predicted molar refractivity (Wildman–Crippen MR) is 77.4 cm³/mol. The fourth-order valence-corrected chi connectivity index (χ4v) is 2.43. The highest BCUT2D eigenvalue weighted by Gasteiger charge is 2.16. The van der Waals surface area contributed by atoms with Gasteiger partial charge in [-0.2, -0.15) is 0 Å². The average molecular weight is 285 g/mol. The van der Waals surface area contributed by atoms with Crippen molar-refractivity contribution in [3.05, 3.63) is 0 Å². The van der Waals surface area contributed by atoms with Crippen LogP contribution in [0.25, 0.3) is 0 Å². The molecule has 6 nitrogen and oxygen atoms in total. The molecular formula is C14H27N3O3. The second kappa shape index (κ2) is 9.72. The molecule has 0 atom stereocenters. The number of carbonyl (C=O) groups excluding carboxylic acids is 2. The number of nitrogens with one attached hydrogen (secondary N) is 2. The normalized spacial score (nSPS) is 16.1. The zero-order valence-electron chi connectivity index (χ0n) is 12.6. The van der Waals surface area contributed by atoms with Crippen LogP contribution in [0.2, 0.25) is 0 Å². The van der Waals surface area contributed by atoms with Gasteiger partial charge in [-0.1, -0.05) is 0 Å². The minimum absolute atomic E-state index is 0.0197. The van der Waals surface area contributed by atoms with Crippen LogP contribution in [0.15, 0.2) is 0 Å². The first-order valence-corrected chi connectivity index (χ1v) is 7.34. The summed E-state index contributed by atoms with van der Waals surface area (Å²) in [6, 6.07) is 0. The molecule has 0 aromatic rings. The summed E-state index contributed by atoms with van der Waals surface area (Å²) in [5, 5.41) is 6.17. The van der Waals surface area contributed by atoms with Crippen molar-refractivity contribution in [3.8, 4) is 0 Å². The number of esters is 1. The van der Waals surface area contributed by atoms with Crippen LogP contribution in [-0.4, -0.2) is 63.7 Å². The number of likely N-dealkylation sites (N-methyl/N-ethyl adjacent to an activating group) is 1. The maximum Gasteiger partial charge on any atom is 0.305 e. The van der Waals surface area contributed by atoms with E-state index in [0.29, 0.717) is 31.8 Å². The van der Waals surface area contributed by atoms with Gasteiger partial charge in [0.2, 0.25) is 5.91 Å². The summed E-state index contributed by atoms with van der Waals surface area (Å²) < 4.78 is 4.54. The van der Waals surface area contributed by atoms with Gasteiger partial charge in [0.25, 0.3) is 0 Å². The summed E-state index contributed by atoms with van der Waals surface area (Å²) in [6.07, 6.45) is 3.34. The number of ether oxygens (including phenoxy) is 1. The Balaban J connectivity index is 2.06. The molecule has 0 bridgehead atoms. The Labute approximate surface area is 121 Å². The zero-order chi connectivity index (χ0) is 14.8. The van der Waals surface area contributed by atoms with Crippen LogP contribution >= 0.6 is 0 Å². The lowest BCUT2D eigenvalue weighted by atomic mass is 9.98. The third-order valence-electron chi connectivity index (χ3n) is 3.55. The number of hydrogen-bond acceptors (Lipinski definition) is 5. The topological polar surface area (TPSA) is 70.7 Å². The summed E-state index contributed by atoms with van der Waals surface area (Å²) in [7, 11) is 3.35. The van der Waals surface area contributed by atoms with Gasteiger partial charge in [0.1, 0.15) is 0 Å². The molecule has 1 saturated heterocycles. The summed E-state index contributed by atoms with van der Waals surface area (Å²) >= 11 is 0. The third-order valence-corrected chi connectivity index (χ3v) is 3.55. The van der Waals surface area contributed by atoms with Crippen LogP contribution < -0.4 is 10.6 Å². The monoisotopic (exact) mass is 285 g/mol. The van der Waals surface area contributed by atoms with E-state index in [-0.39, 0.29) is 11.9 Å². The molecule has 2 N–H and O–H groups in total. The minimum atomic E-state index is -0.234. The van der Waals surface area contributed by atoms with E-state index in [1.54, 1.807) is 0 Å². The van der Waals surface area contributed by atoms with Gasteiger partial charge in [-0.15, -0.1) is 0 Å². The molecule has 116 valence electrons. The van der Waals surface area contributed by atoms with Crippen LogP contribution in [0.4, 0.5) is 0 Å². The van der Waals surface area contributed by atoms with Gasteiger partial charge in [-0.25, -0.2) is 0 Å². The minimum Gasteiger partial charge on any atom is -0.469 e. The van der Waals surface area contributed by atoms with E-state index in [4.69, 9.17) is 0 Å². The molecule has 0 aromatic heterocycles. The van der Waals surface area contributed by atoms with Gasteiger partial charge in [0, 0.05) is 19.5 Å². The molecule has 0 aliphatic carbocycles. The third kappa shape index (κ3) is 7.45. The molecule has 1 amide bonds. The van der Waals surface area contributed by atoms with E-state index >= 15 is 0 Å². The SMILES string of the molecule is COC(=O)CCCNC(=O)CN(C)CC1CCNCC1. The van der Waals surface area contributed by atoms with E-state index < -0.39 is 0 Å². The molecule has 1 heterocycles. The lowest BCUT2D eigenvalue weighted by molar-refractivity contribution is -0.140. The maximum atomic E-state index is 11.7. The molecule has 0 radical (unpaired) electrons. The van der Waals surface area contributed by atoms with Gasteiger partial charge >= 0.3 is 5.97 Å². The quantitative estimate of drug-likeness (QED) is 0.485. The molecule has 0 spiro atoms. The Bertz CT molecular complexity index is 304. The fraction of sp³-hybridized carbons (Fsp3) is 0.857. The van der Waals surface area contributed by atoms with Crippen LogP contribution in [0.5, 0.6) is 0 Å². The fourth-order valence-electron chi connectivity index (χ4n) is 2.43. The first-order chi connectivity index (χ1) is 9.61. The molecule has 0 unspecified atom stereocenters. The van der Waals surface area contributed by atoms with E-state index in [0.717, 1.165) is 19.6 Å². The van der Waals surface area contributed by atoms with Crippen molar-refractivity contribution >= 4 is 11.9 Å². The number of piperidine rings is 1. The van der Waals surface area contributed by atoms with Crippen LogP contribution in [0, 0.1) is 5.92 Å². The molecule has 0 aromatic carbocycles. The second-order valence-corrected chi connectivity index (χ2v) is 5.42. The Morgan fingerprint density at radius 3 is 2.70 bits per heavy atom. The lowest BCUT2D eigenvalue weighted by Gasteiger charge is -2.27. The smallest absolute Gasteiger partial charge is 0.305 e. The number of amides is 1. The number of hydrogen-bond donors (Lipinski definition) is 2. The summed E-state index contributed by atoms with van der Waals surface area (Å²) in [5.41, 5.74) is 0. The Morgan fingerprint density at radius 1 is 1.35 bits per heavy atom. The molecule has 1 rings (SSSR count). The standard InChI is InChI=1S/C14H27N3O3/c1-17(10-12-5-8-15-9-6-12)11-13(18)16-7-3-4-14(19)20-2/h12,15H,3-11H2,1-2H3,(H,16,18). The molecule has 20 heavy (non-hydrogen) atoms. The van der Waals surface area contributed by atoms with Crippen molar-refractivity contribution in [2.75, 3.05) is 46.9 Å². The Morgan fingerprint density at radius 2 is 2.05 bits per heavy atom. The Hall–Kier alpha value is -1.14. The predicted octanol–water partition coefficient (Wildman–Crippen LogP) is -0.0128. The summed E-state index contributed by atoms with van der Waals surface area (Å²) in [6.45, 7) is 4.07. The van der Waals surface area contributed by atoms with Crippen molar-refractivity contribution in [1.82, 2.24) is 15.5 Å². The van der Waals surface area contributed by atoms with Gasteiger partial charge < -0.3 is 15.4 Å². The van der Waals surface area contributed by atoms with Crippen molar-refractivity contribution in [2.45, 2.75) is 25.7 Å². The second-order valence-electron chi connectivity index (χ2n) is 5.42. The molecule has 1 aliphatic rings. The molecule has 1 aliphatic heterocycles. The number of nitrogens with zero attached hydrogens (tertiary/aromatic N) is 1. The largest absolute Gasteiger partial charge is 0.469 e. The van der Waals surface area contributed by atoms with Crippen molar-refractivity contribution < 1.29 is 14.3 Å². The maximum absolute atomic E-state index is 11.7. The zero-order valence-corrected chi connectivity index (χ0v) is 12.6. The lowest BCUT2D eigenvalue weighted by Crippen LogP contribution is -2.40. The van der Waals surface area contributed by atoms with Gasteiger partial charge in [-0.3, -0.25) is 14.5 Å². The Kier molecular flexibility index (Phi) is 8.22. The first-order valence-electron chi connectivity index (χ1n) is 7.34. The highest BCUT2D eigenvalue weighted by Crippen LogP contribution is 2.12. The highest BCUT2D eigenvalue weighted by atomic mass is 16.5. The van der Waals surface area contributed by atoms with Crippen LogP contribution in [0.3, 0.4) is 0 Å². The van der Waals surface area contributed by atoms with Gasteiger partial charge in [0.15, 0.2) is 0 Å². The summed E-state index contributed by atoms with van der Waals surface area (Å²) in [5.74, 6) is 0.474. The first kappa shape index (κ1) is 16.9. The number of methoxy groups -OCH3 is 1.